The molecule has 0 radical (unpaired) electrons. The molecule has 1 aromatic carbocycles. The maximum Gasteiger partial charge on any atom is 0.259 e. The zero-order chi connectivity index (χ0) is 16.7. The summed E-state index contributed by atoms with van der Waals surface area (Å²) < 4.78 is 0.722. The molecule has 0 aliphatic rings. The highest BCUT2D eigenvalue weighted by Gasteiger charge is 2.17. The first-order chi connectivity index (χ1) is 10.4. The number of carbonyl (C=O) groups excluding carboxylic acids is 2. The van der Waals surface area contributed by atoms with Crippen LogP contribution in [0, 0.1) is 18.3 Å². The van der Waals surface area contributed by atoms with Crippen LogP contribution >= 0.6 is 23.5 Å². The normalized spacial score (nSPS) is 10.7. The third-order valence-electron chi connectivity index (χ3n) is 2.82. The molecule has 0 heterocycles. The van der Waals surface area contributed by atoms with Gasteiger partial charge in [-0.1, -0.05) is 29.8 Å². The van der Waals surface area contributed by atoms with E-state index in [0.29, 0.717) is 11.1 Å². The number of nitrogens with two attached hydrogens (primary N) is 1. The molecule has 0 fully saturated rings. The van der Waals surface area contributed by atoms with Gasteiger partial charge in [0.05, 0.1) is 4.24 Å². The maximum atomic E-state index is 12.7. The van der Waals surface area contributed by atoms with Gasteiger partial charge in [-0.2, -0.15) is 5.26 Å². The lowest BCUT2D eigenvalue weighted by Gasteiger charge is -2.08. The average Bonchev–Trinajstić information content (AvgIpc) is 2.51. The van der Waals surface area contributed by atoms with Crippen molar-refractivity contribution >= 4 is 35.2 Å². The molecule has 0 spiro atoms. The number of allylic oxidation sites excluding steroid dienone is 2. The van der Waals surface area contributed by atoms with Gasteiger partial charge in [0.25, 0.3) is 5.91 Å². The van der Waals surface area contributed by atoms with Crippen molar-refractivity contribution in [1.29, 1.82) is 5.26 Å². The molecule has 2 N–H and O–H groups in total. The lowest BCUT2D eigenvalue weighted by atomic mass is 10.0. The quantitative estimate of drug-likeness (QED) is 0.374. The number of nitrogens with zero attached hydrogens (tertiary/aromatic N) is 1. The molecule has 0 saturated heterocycles. The molecule has 1 aromatic rings. The molecule has 0 bridgehead atoms. The fraction of sp³-hybridized carbons (Fsp3) is 0.188. The van der Waals surface area contributed by atoms with Crippen LogP contribution in [0.4, 0.5) is 0 Å². The van der Waals surface area contributed by atoms with Crippen LogP contribution in [-0.4, -0.2) is 24.2 Å². The van der Waals surface area contributed by atoms with Gasteiger partial charge in [0.15, 0.2) is 5.78 Å². The first kappa shape index (κ1) is 18.1. The Morgan fingerprint density at radius 1 is 1.18 bits per heavy atom. The minimum atomic E-state index is -0.849. The Bertz CT molecular complexity index is 677. The Hall–Kier alpha value is -1.97. The van der Waals surface area contributed by atoms with E-state index in [1.54, 1.807) is 18.2 Å². The number of primary amides is 1. The van der Waals surface area contributed by atoms with Crippen LogP contribution in [0.25, 0.3) is 0 Å². The molecule has 0 saturated carbocycles. The van der Waals surface area contributed by atoms with Crippen LogP contribution in [-0.2, 0) is 4.79 Å². The largest absolute Gasteiger partial charge is 0.365 e. The summed E-state index contributed by atoms with van der Waals surface area (Å²) in [5.41, 5.74) is 6.77. The van der Waals surface area contributed by atoms with Gasteiger partial charge in [0.1, 0.15) is 11.6 Å². The van der Waals surface area contributed by atoms with Crippen molar-refractivity contribution < 1.29 is 9.59 Å². The summed E-state index contributed by atoms with van der Waals surface area (Å²) in [4.78, 5) is 24.0. The van der Waals surface area contributed by atoms with E-state index in [9.17, 15) is 9.59 Å². The molecular weight excluding hydrogens is 316 g/mol. The standard InChI is InChI=1S/C16H16N2O2S2/c1-10-4-6-11(7-5-10)14(19)13(16(21-2)22-3)8-12(9-17)15(18)20/h4-8H,1-3H3,(H2,18,20)/b12-8-. The SMILES string of the molecule is CSC(SC)=C(/C=C(/C#N)C(N)=O)C(=O)c1ccc(C)cc1. The number of carbonyl (C=O) groups is 2. The number of ketones is 1. The van der Waals surface area contributed by atoms with Gasteiger partial charge < -0.3 is 5.73 Å². The Balaban J connectivity index is 3.43. The van der Waals surface area contributed by atoms with Gasteiger partial charge >= 0.3 is 0 Å². The minimum Gasteiger partial charge on any atom is -0.365 e. The van der Waals surface area contributed by atoms with Crippen molar-refractivity contribution in [3.8, 4) is 6.07 Å². The first-order valence-electron chi connectivity index (χ1n) is 6.29. The van der Waals surface area contributed by atoms with E-state index in [-0.39, 0.29) is 11.4 Å². The van der Waals surface area contributed by atoms with E-state index < -0.39 is 5.91 Å². The summed E-state index contributed by atoms with van der Waals surface area (Å²) in [6, 6.07) is 8.85. The van der Waals surface area contributed by atoms with Gasteiger partial charge in [0, 0.05) is 11.1 Å². The van der Waals surface area contributed by atoms with Crippen LogP contribution in [0.3, 0.4) is 0 Å². The first-order valence-corrected chi connectivity index (χ1v) is 8.74. The summed E-state index contributed by atoms with van der Waals surface area (Å²) in [5, 5.41) is 8.99. The van der Waals surface area contributed by atoms with Gasteiger partial charge in [-0.05, 0) is 25.5 Å². The Labute approximate surface area is 138 Å². The highest BCUT2D eigenvalue weighted by Crippen LogP contribution is 2.30. The van der Waals surface area contributed by atoms with Gasteiger partial charge in [-0.25, -0.2) is 0 Å². The number of thioether (sulfide) groups is 2. The fourth-order valence-electron chi connectivity index (χ4n) is 1.68. The van der Waals surface area contributed by atoms with Gasteiger partial charge in [-0.15, -0.1) is 23.5 Å². The smallest absolute Gasteiger partial charge is 0.259 e. The topological polar surface area (TPSA) is 83.9 Å². The van der Waals surface area contributed by atoms with Crippen molar-refractivity contribution in [2.75, 3.05) is 12.5 Å². The summed E-state index contributed by atoms with van der Waals surface area (Å²) in [6.45, 7) is 1.93. The summed E-state index contributed by atoms with van der Waals surface area (Å²) >= 11 is 2.77. The number of hydrogen-bond acceptors (Lipinski definition) is 5. The van der Waals surface area contributed by atoms with E-state index in [2.05, 4.69) is 0 Å². The van der Waals surface area contributed by atoms with Crippen LogP contribution in [0.15, 0.2) is 45.7 Å². The number of amides is 1. The Morgan fingerprint density at radius 3 is 2.14 bits per heavy atom. The summed E-state index contributed by atoms with van der Waals surface area (Å²) in [7, 11) is 0. The van der Waals surface area contributed by atoms with E-state index in [0.717, 1.165) is 9.80 Å². The van der Waals surface area contributed by atoms with Crippen molar-refractivity contribution in [1.82, 2.24) is 0 Å². The Morgan fingerprint density at radius 2 is 1.73 bits per heavy atom. The van der Waals surface area contributed by atoms with Crippen molar-refractivity contribution in [2.45, 2.75) is 6.92 Å². The van der Waals surface area contributed by atoms with E-state index in [1.807, 2.05) is 31.6 Å². The summed E-state index contributed by atoms with van der Waals surface area (Å²) in [6.07, 6.45) is 4.93. The van der Waals surface area contributed by atoms with Gasteiger partial charge in [0.2, 0.25) is 0 Å². The highest BCUT2D eigenvalue weighted by molar-refractivity contribution is 8.21. The number of aryl methyl sites for hydroxylation is 1. The molecule has 0 aliphatic heterocycles. The molecule has 1 amide bonds. The zero-order valence-electron chi connectivity index (χ0n) is 12.5. The third kappa shape index (κ3) is 4.52. The van der Waals surface area contributed by atoms with E-state index in [1.165, 1.54) is 29.6 Å². The molecule has 0 atom stereocenters. The molecule has 6 heteroatoms. The second-order valence-electron chi connectivity index (χ2n) is 4.34. The monoisotopic (exact) mass is 332 g/mol. The molecule has 0 aromatic heterocycles. The van der Waals surface area contributed by atoms with Crippen LogP contribution in [0.5, 0.6) is 0 Å². The number of rotatable bonds is 6. The predicted octanol–water partition coefficient (Wildman–Crippen LogP) is 3.05. The van der Waals surface area contributed by atoms with Gasteiger partial charge in [-0.3, -0.25) is 9.59 Å². The van der Waals surface area contributed by atoms with Crippen molar-refractivity contribution in [3.05, 3.63) is 56.9 Å². The summed E-state index contributed by atoms with van der Waals surface area (Å²) in [5.74, 6) is -1.09. The predicted molar refractivity (Wildman–Crippen MR) is 92.5 cm³/mol. The van der Waals surface area contributed by atoms with Crippen LogP contribution < -0.4 is 5.73 Å². The molecule has 0 aliphatic carbocycles. The molecule has 4 nitrogen and oxygen atoms in total. The molecule has 22 heavy (non-hydrogen) atoms. The molecular formula is C16H16N2O2S2. The zero-order valence-corrected chi connectivity index (χ0v) is 14.2. The highest BCUT2D eigenvalue weighted by atomic mass is 32.2. The number of benzene rings is 1. The van der Waals surface area contributed by atoms with Crippen LogP contribution in [0.1, 0.15) is 15.9 Å². The maximum absolute atomic E-state index is 12.7. The lowest BCUT2D eigenvalue weighted by molar-refractivity contribution is -0.114. The number of Topliss-reactive ketones (excluding diaryl/α,β-unsaturated/α-hetero) is 1. The second kappa shape index (κ2) is 8.47. The molecule has 0 unspecified atom stereocenters. The number of hydrogen-bond donors (Lipinski definition) is 1. The van der Waals surface area contributed by atoms with Crippen LogP contribution in [0.2, 0.25) is 0 Å². The average molecular weight is 332 g/mol. The minimum absolute atomic E-state index is 0.240. The third-order valence-corrected chi connectivity index (χ3v) is 5.01. The number of nitriles is 1. The van der Waals surface area contributed by atoms with E-state index in [4.69, 9.17) is 11.0 Å². The molecule has 114 valence electrons. The van der Waals surface area contributed by atoms with E-state index >= 15 is 0 Å². The lowest BCUT2D eigenvalue weighted by Crippen LogP contribution is -2.14. The second-order valence-corrected chi connectivity index (χ2v) is 6.23. The molecule has 1 rings (SSSR count). The van der Waals surface area contributed by atoms with Crippen molar-refractivity contribution in [3.63, 3.8) is 0 Å². The fourth-order valence-corrected chi connectivity index (χ4v) is 3.09. The van der Waals surface area contributed by atoms with Crippen molar-refractivity contribution in [2.24, 2.45) is 5.73 Å². The Kier molecular flexibility index (Phi) is 6.96.